The molecule has 4 heteroatoms. The van der Waals surface area contributed by atoms with E-state index in [4.69, 9.17) is 13.9 Å². The van der Waals surface area contributed by atoms with Gasteiger partial charge in [-0.05, 0) is 0 Å². The third-order valence-corrected chi connectivity index (χ3v) is 1.54. The first-order chi connectivity index (χ1) is 4.95. The molecular formula is C6H3NO3. The van der Waals surface area contributed by atoms with Gasteiger partial charge in [0.15, 0.2) is 5.58 Å². The topological polar surface area (TPSA) is 44.5 Å². The Hall–Kier alpha value is -1.45. The maximum Gasteiger partial charge on any atom is 0.267 e. The van der Waals surface area contributed by atoms with Gasteiger partial charge in [-0.15, -0.1) is 0 Å². The Morgan fingerprint density at radius 1 is 1.30 bits per heavy atom. The molecule has 2 aromatic heterocycles. The predicted molar refractivity (Wildman–Crippen MR) is 31.3 cm³/mol. The van der Waals surface area contributed by atoms with Gasteiger partial charge in [-0.1, -0.05) is 0 Å². The number of hydrogen-bond donors (Lipinski definition) is 0. The lowest BCUT2D eigenvalue weighted by Gasteiger charge is -1.86. The highest BCUT2D eigenvalue weighted by atomic mass is 16.7. The summed E-state index contributed by atoms with van der Waals surface area (Å²) in [5.41, 5.74) is 1.20. The largest absolute Gasteiger partial charge is 0.449 e. The number of fused-ring (bicyclic) bond motifs is 5. The average molecular weight is 137 g/mol. The molecule has 0 N–H and O–H groups in total. The Bertz CT molecular complexity index is 334. The lowest BCUT2D eigenvalue weighted by Crippen LogP contribution is -1.93. The first kappa shape index (κ1) is 4.38. The van der Waals surface area contributed by atoms with Gasteiger partial charge in [0.25, 0.3) is 5.71 Å². The zero-order valence-corrected chi connectivity index (χ0v) is 4.96. The summed E-state index contributed by atoms with van der Waals surface area (Å²) >= 11 is 0. The summed E-state index contributed by atoms with van der Waals surface area (Å²) in [6.45, 7) is 0.282. The summed E-state index contributed by atoms with van der Waals surface area (Å²) < 4.78 is 15.3. The Balaban J connectivity index is 2.51. The molecule has 0 radical (unpaired) electrons. The van der Waals surface area contributed by atoms with Crippen LogP contribution in [0.1, 0.15) is 0 Å². The van der Waals surface area contributed by atoms with Gasteiger partial charge in [-0.2, -0.15) is 0 Å². The van der Waals surface area contributed by atoms with E-state index >= 15 is 0 Å². The molecular weight excluding hydrogens is 134 g/mol. The van der Waals surface area contributed by atoms with Crippen LogP contribution in [-0.2, 0) is 0 Å². The number of pyridine rings is 1. The van der Waals surface area contributed by atoms with E-state index < -0.39 is 0 Å². The minimum absolute atomic E-state index is 0.282. The van der Waals surface area contributed by atoms with Crippen LogP contribution in [-0.4, -0.2) is 11.8 Å². The van der Waals surface area contributed by atoms with Gasteiger partial charge in [0.1, 0.15) is 0 Å². The van der Waals surface area contributed by atoms with Crippen molar-refractivity contribution in [1.82, 2.24) is 4.98 Å². The zero-order valence-electron chi connectivity index (χ0n) is 4.96. The Kier molecular flexibility index (Phi) is 0.518. The molecule has 0 saturated heterocycles. The molecule has 0 amide bonds. The second-order valence-corrected chi connectivity index (χ2v) is 2.09. The van der Waals surface area contributed by atoms with Gasteiger partial charge < -0.3 is 13.9 Å². The molecule has 0 atom stereocenters. The number of hydrogen-bond acceptors (Lipinski definition) is 4. The second kappa shape index (κ2) is 1.18. The van der Waals surface area contributed by atoms with Crippen LogP contribution in [0.5, 0.6) is 11.5 Å². The van der Waals surface area contributed by atoms with Gasteiger partial charge in [-0.3, -0.25) is 0 Å². The van der Waals surface area contributed by atoms with Crippen LogP contribution in [0.15, 0.2) is 10.6 Å². The van der Waals surface area contributed by atoms with E-state index in [9.17, 15) is 0 Å². The maximum atomic E-state index is 5.13. The molecule has 0 aromatic carbocycles. The number of ether oxygens (including phenoxy) is 2. The molecule has 0 saturated carbocycles. The van der Waals surface area contributed by atoms with Crippen molar-refractivity contribution >= 4 is 11.3 Å². The maximum absolute atomic E-state index is 5.13. The molecule has 50 valence electrons. The summed E-state index contributed by atoms with van der Waals surface area (Å²) in [6, 6.07) is 0. The van der Waals surface area contributed by atoms with E-state index in [1.54, 1.807) is 6.20 Å². The fourth-order valence-corrected chi connectivity index (χ4v) is 1.10. The van der Waals surface area contributed by atoms with Crippen LogP contribution < -0.4 is 9.47 Å². The average Bonchev–Trinajstić information content (AvgIpc) is 2.60. The molecule has 0 unspecified atom stereocenters. The number of furan rings is 1. The molecule has 3 rings (SSSR count). The van der Waals surface area contributed by atoms with Crippen molar-refractivity contribution in [2.24, 2.45) is 0 Å². The van der Waals surface area contributed by atoms with Crippen molar-refractivity contribution in [2.75, 3.05) is 6.79 Å². The molecule has 2 aromatic rings. The van der Waals surface area contributed by atoms with Crippen molar-refractivity contribution in [1.29, 1.82) is 0 Å². The minimum Gasteiger partial charge on any atom is -0.449 e. The number of oxazole rings is 1. The van der Waals surface area contributed by atoms with Crippen LogP contribution in [0.3, 0.4) is 0 Å². The van der Waals surface area contributed by atoms with E-state index in [0.717, 1.165) is 0 Å². The monoisotopic (exact) mass is 137 g/mol. The van der Waals surface area contributed by atoms with E-state index in [0.29, 0.717) is 22.8 Å². The van der Waals surface area contributed by atoms with Gasteiger partial charge in [0.2, 0.25) is 18.3 Å². The Morgan fingerprint density at radius 2 is 2.20 bits per heavy atom. The Labute approximate surface area is 55.7 Å². The summed E-state index contributed by atoms with van der Waals surface area (Å²) in [4.78, 5) is 3.92. The van der Waals surface area contributed by atoms with Crippen molar-refractivity contribution in [3.8, 4) is 11.5 Å². The predicted octanol–water partition coefficient (Wildman–Crippen LogP) is 0.994. The highest BCUT2D eigenvalue weighted by Crippen LogP contribution is 2.43. The molecule has 4 nitrogen and oxygen atoms in total. The third kappa shape index (κ3) is 0.309. The lowest BCUT2D eigenvalue weighted by molar-refractivity contribution is 0.172. The molecule has 1 aliphatic heterocycles. The van der Waals surface area contributed by atoms with Gasteiger partial charge in [-0.25, -0.2) is 4.98 Å². The number of nitrogens with zero attached hydrogens (tertiary/aromatic N) is 1. The molecule has 0 spiro atoms. The second-order valence-electron chi connectivity index (χ2n) is 2.09. The van der Waals surface area contributed by atoms with Crippen molar-refractivity contribution < 1.29 is 13.9 Å². The van der Waals surface area contributed by atoms with Crippen LogP contribution in [0, 0.1) is 0 Å². The minimum atomic E-state index is 0.282. The molecule has 1 aliphatic rings. The number of aromatic nitrogens is 1. The van der Waals surface area contributed by atoms with Gasteiger partial charge in [0, 0.05) is 0 Å². The third-order valence-electron chi connectivity index (χ3n) is 1.54. The van der Waals surface area contributed by atoms with Crippen LogP contribution in [0.4, 0.5) is 0 Å². The highest BCUT2D eigenvalue weighted by molar-refractivity contribution is 5.76. The highest BCUT2D eigenvalue weighted by Gasteiger charge is 2.25. The van der Waals surface area contributed by atoms with Crippen LogP contribution in [0.2, 0.25) is 0 Å². The summed E-state index contributed by atoms with van der Waals surface area (Å²) in [5.74, 6) is 1.35. The molecule has 10 heavy (non-hydrogen) atoms. The first-order valence-corrected chi connectivity index (χ1v) is 2.91. The quantitative estimate of drug-likeness (QED) is 0.543. The fraction of sp³-hybridized carbons (Fsp3) is 0.167. The van der Waals surface area contributed by atoms with Crippen LogP contribution >= 0.6 is 0 Å². The summed E-state index contributed by atoms with van der Waals surface area (Å²) in [5, 5.41) is 0. The number of rotatable bonds is 0. The van der Waals surface area contributed by atoms with Crippen LogP contribution in [0.25, 0.3) is 11.3 Å². The van der Waals surface area contributed by atoms with E-state index in [1.807, 2.05) is 0 Å². The molecule has 2 bridgehead atoms. The van der Waals surface area contributed by atoms with Gasteiger partial charge in [0.05, 0.1) is 6.20 Å². The SMILES string of the molecule is c1nc2oc1c1c2OCO1. The summed E-state index contributed by atoms with van der Waals surface area (Å²) in [7, 11) is 0. The van der Waals surface area contributed by atoms with Crippen molar-refractivity contribution in [2.45, 2.75) is 0 Å². The summed E-state index contributed by atoms with van der Waals surface area (Å²) in [6.07, 6.45) is 1.63. The van der Waals surface area contributed by atoms with E-state index in [1.165, 1.54) is 0 Å². The van der Waals surface area contributed by atoms with Crippen molar-refractivity contribution in [3.05, 3.63) is 6.20 Å². The standard InChI is InChI=1S/C6H3NO3/c1-3-4-5(9-2-8-4)6(7-1)10-3/h1H,2H2. The molecule has 3 heterocycles. The molecule has 0 fully saturated rings. The Morgan fingerprint density at radius 3 is 3.10 bits per heavy atom. The van der Waals surface area contributed by atoms with E-state index in [-0.39, 0.29) is 6.79 Å². The first-order valence-electron chi connectivity index (χ1n) is 2.91. The smallest absolute Gasteiger partial charge is 0.267 e. The van der Waals surface area contributed by atoms with Gasteiger partial charge >= 0.3 is 0 Å². The molecule has 0 aliphatic carbocycles. The fourth-order valence-electron chi connectivity index (χ4n) is 1.10. The van der Waals surface area contributed by atoms with E-state index in [2.05, 4.69) is 4.98 Å². The zero-order chi connectivity index (χ0) is 6.55. The normalized spacial score (nSPS) is 15.2. The van der Waals surface area contributed by atoms with Crippen molar-refractivity contribution in [3.63, 3.8) is 0 Å². The lowest BCUT2D eigenvalue weighted by atomic mass is 10.4.